The van der Waals surface area contributed by atoms with Crippen molar-refractivity contribution in [2.75, 3.05) is 51.3 Å². The highest BCUT2D eigenvalue weighted by Crippen LogP contribution is 2.31. The molecule has 7 heteroatoms. The molecule has 1 atom stereocenters. The first-order valence-corrected chi connectivity index (χ1v) is 11.1. The second-order valence-corrected chi connectivity index (χ2v) is 8.42. The van der Waals surface area contributed by atoms with Gasteiger partial charge in [-0.25, -0.2) is 4.79 Å². The van der Waals surface area contributed by atoms with E-state index in [4.69, 9.17) is 9.15 Å². The average Bonchev–Trinajstić information content (AvgIpc) is 3.19. The summed E-state index contributed by atoms with van der Waals surface area (Å²) in [7, 11) is 2.11. The second-order valence-electron chi connectivity index (χ2n) is 8.42. The summed E-state index contributed by atoms with van der Waals surface area (Å²) < 4.78 is 10.9. The van der Waals surface area contributed by atoms with Crippen molar-refractivity contribution in [1.82, 2.24) is 10.2 Å². The Morgan fingerprint density at radius 2 is 1.91 bits per heavy atom. The SMILES string of the molecule is CN1CCc2cc([C@H](CNC(=O)c3cc4ccccc4oc3=O)N3CCOCC3)ccc21. The largest absolute Gasteiger partial charge is 0.422 e. The van der Waals surface area contributed by atoms with Crippen LogP contribution in [0, 0.1) is 0 Å². The fraction of sp³-hybridized carbons (Fsp3) is 0.360. The normalized spacial score (nSPS) is 17.3. The molecule has 1 aromatic heterocycles. The van der Waals surface area contributed by atoms with Gasteiger partial charge in [-0.1, -0.05) is 30.3 Å². The molecular formula is C25H27N3O4. The first kappa shape index (κ1) is 20.7. The van der Waals surface area contributed by atoms with Gasteiger partial charge in [-0.3, -0.25) is 9.69 Å². The first-order valence-electron chi connectivity index (χ1n) is 11.1. The molecule has 3 heterocycles. The number of hydrogen-bond donors (Lipinski definition) is 1. The summed E-state index contributed by atoms with van der Waals surface area (Å²) in [5, 5.41) is 3.71. The molecule has 2 aliphatic rings. The van der Waals surface area contributed by atoms with Crippen LogP contribution in [0.15, 0.2) is 57.7 Å². The number of anilines is 1. The van der Waals surface area contributed by atoms with Gasteiger partial charge in [-0.05, 0) is 35.7 Å². The van der Waals surface area contributed by atoms with Crippen molar-refractivity contribution in [3.63, 3.8) is 0 Å². The van der Waals surface area contributed by atoms with E-state index >= 15 is 0 Å². The number of para-hydroxylation sites is 1. The van der Waals surface area contributed by atoms with Crippen LogP contribution in [-0.2, 0) is 11.2 Å². The van der Waals surface area contributed by atoms with Gasteiger partial charge in [0.25, 0.3) is 5.91 Å². The summed E-state index contributed by atoms with van der Waals surface area (Å²) in [5.41, 5.74) is 3.66. The summed E-state index contributed by atoms with van der Waals surface area (Å²) in [6.45, 7) is 4.37. The predicted octanol–water partition coefficient (Wildman–Crippen LogP) is 2.59. The van der Waals surface area contributed by atoms with Crippen LogP contribution in [0.4, 0.5) is 5.69 Å². The van der Waals surface area contributed by atoms with Gasteiger partial charge in [0.2, 0.25) is 0 Å². The average molecular weight is 434 g/mol. The topological polar surface area (TPSA) is 75.0 Å². The quantitative estimate of drug-likeness (QED) is 0.624. The lowest BCUT2D eigenvalue weighted by atomic mass is 10.00. The highest BCUT2D eigenvalue weighted by molar-refractivity contribution is 5.96. The van der Waals surface area contributed by atoms with E-state index in [1.807, 2.05) is 12.1 Å². The Labute approximate surface area is 186 Å². The highest BCUT2D eigenvalue weighted by Gasteiger charge is 2.26. The van der Waals surface area contributed by atoms with E-state index in [2.05, 4.69) is 40.4 Å². The molecule has 0 aliphatic carbocycles. The van der Waals surface area contributed by atoms with Gasteiger partial charge in [0, 0.05) is 44.3 Å². The Kier molecular flexibility index (Phi) is 5.68. The van der Waals surface area contributed by atoms with E-state index in [1.165, 1.54) is 16.8 Å². The zero-order chi connectivity index (χ0) is 22.1. The lowest BCUT2D eigenvalue weighted by Gasteiger charge is -2.35. The highest BCUT2D eigenvalue weighted by atomic mass is 16.5. The summed E-state index contributed by atoms with van der Waals surface area (Å²) >= 11 is 0. The maximum Gasteiger partial charge on any atom is 0.349 e. The second kappa shape index (κ2) is 8.76. The van der Waals surface area contributed by atoms with E-state index in [9.17, 15) is 9.59 Å². The minimum absolute atomic E-state index is 0.00607. The molecule has 1 N–H and O–H groups in total. The minimum atomic E-state index is -0.621. The molecule has 2 aromatic carbocycles. The van der Waals surface area contributed by atoms with Crippen LogP contribution in [0.5, 0.6) is 0 Å². The number of fused-ring (bicyclic) bond motifs is 2. The number of morpholine rings is 1. The number of carbonyl (C=O) groups is 1. The third-order valence-corrected chi connectivity index (χ3v) is 6.44. The Morgan fingerprint density at radius 1 is 1.09 bits per heavy atom. The zero-order valence-corrected chi connectivity index (χ0v) is 18.2. The molecule has 2 aliphatic heterocycles. The van der Waals surface area contributed by atoms with Gasteiger partial charge in [-0.15, -0.1) is 0 Å². The first-order chi connectivity index (χ1) is 15.6. The van der Waals surface area contributed by atoms with E-state index < -0.39 is 11.5 Å². The van der Waals surface area contributed by atoms with Crippen LogP contribution >= 0.6 is 0 Å². The number of hydrogen-bond acceptors (Lipinski definition) is 6. The monoisotopic (exact) mass is 433 g/mol. The van der Waals surface area contributed by atoms with Gasteiger partial charge in [0.15, 0.2) is 0 Å². The number of ether oxygens (including phenoxy) is 1. The standard InChI is InChI=1S/C25H27N3O4/c1-27-9-8-18-14-17(6-7-21(18)27)22(28-10-12-31-13-11-28)16-26-24(29)20-15-19-4-2-3-5-23(19)32-25(20)30/h2-7,14-15,22H,8-13,16H2,1H3,(H,26,29)/t22-/m0/s1. The fourth-order valence-electron chi connectivity index (χ4n) is 4.65. The number of carbonyl (C=O) groups excluding carboxylic acids is 1. The van der Waals surface area contributed by atoms with Crippen LogP contribution in [0.1, 0.15) is 27.5 Å². The van der Waals surface area contributed by atoms with Crippen molar-refractivity contribution in [3.05, 3.63) is 75.6 Å². The molecule has 166 valence electrons. The lowest BCUT2D eigenvalue weighted by Crippen LogP contribution is -2.44. The van der Waals surface area contributed by atoms with Crippen molar-refractivity contribution in [3.8, 4) is 0 Å². The van der Waals surface area contributed by atoms with Crippen molar-refractivity contribution >= 4 is 22.6 Å². The van der Waals surface area contributed by atoms with Crippen molar-refractivity contribution in [2.24, 2.45) is 0 Å². The summed E-state index contributed by atoms with van der Waals surface area (Å²) in [4.78, 5) is 29.9. The van der Waals surface area contributed by atoms with Crippen molar-refractivity contribution in [2.45, 2.75) is 12.5 Å². The third kappa shape index (κ3) is 4.01. The number of nitrogens with one attached hydrogen (secondary N) is 1. The molecule has 1 saturated heterocycles. The predicted molar refractivity (Wildman–Crippen MR) is 123 cm³/mol. The third-order valence-electron chi connectivity index (χ3n) is 6.44. The van der Waals surface area contributed by atoms with Crippen LogP contribution in [0.3, 0.4) is 0 Å². The molecule has 0 unspecified atom stereocenters. The summed E-state index contributed by atoms with van der Waals surface area (Å²) in [6, 6.07) is 15.4. The van der Waals surface area contributed by atoms with Crippen LogP contribution in [0.2, 0.25) is 0 Å². The van der Waals surface area contributed by atoms with Crippen LogP contribution in [0.25, 0.3) is 11.0 Å². The molecule has 0 saturated carbocycles. The van der Waals surface area contributed by atoms with Crippen molar-refractivity contribution in [1.29, 1.82) is 0 Å². The van der Waals surface area contributed by atoms with Crippen LogP contribution in [-0.4, -0.2) is 57.2 Å². The zero-order valence-electron chi connectivity index (χ0n) is 18.2. The molecule has 7 nitrogen and oxygen atoms in total. The van der Waals surface area contributed by atoms with E-state index in [1.54, 1.807) is 18.2 Å². The smallest absolute Gasteiger partial charge is 0.349 e. The minimum Gasteiger partial charge on any atom is -0.422 e. The van der Waals surface area contributed by atoms with Gasteiger partial charge in [-0.2, -0.15) is 0 Å². The molecule has 0 bridgehead atoms. The Bertz CT molecular complexity index is 1200. The lowest BCUT2D eigenvalue weighted by molar-refractivity contribution is 0.0162. The van der Waals surface area contributed by atoms with Gasteiger partial charge in [0.1, 0.15) is 11.1 Å². The van der Waals surface area contributed by atoms with E-state index in [0.29, 0.717) is 25.3 Å². The van der Waals surface area contributed by atoms with Gasteiger partial charge in [0.05, 0.1) is 19.3 Å². The molecule has 5 rings (SSSR count). The number of likely N-dealkylation sites (N-methyl/N-ethyl adjacent to an activating group) is 1. The molecular weight excluding hydrogens is 406 g/mol. The summed E-state index contributed by atoms with van der Waals surface area (Å²) in [6.07, 6.45) is 1.03. The molecule has 1 amide bonds. The Morgan fingerprint density at radius 3 is 2.75 bits per heavy atom. The molecule has 32 heavy (non-hydrogen) atoms. The fourth-order valence-corrected chi connectivity index (χ4v) is 4.65. The summed E-state index contributed by atoms with van der Waals surface area (Å²) in [5.74, 6) is -0.413. The van der Waals surface area contributed by atoms with Gasteiger partial charge < -0.3 is 19.4 Å². The Hall–Kier alpha value is -3.16. The Balaban J connectivity index is 1.39. The van der Waals surface area contributed by atoms with Crippen molar-refractivity contribution < 1.29 is 13.9 Å². The number of amides is 1. The number of rotatable bonds is 5. The van der Waals surface area contributed by atoms with E-state index in [-0.39, 0.29) is 11.6 Å². The molecule has 0 spiro atoms. The molecule has 3 aromatic rings. The number of benzene rings is 2. The molecule has 0 radical (unpaired) electrons. The molecule has 1 fully saturated rings. The maximum absolute atomic E-state index is 12.9. The maximum atomic E-state index is 12.9. The van der Waals surface area contributed by atoms with Gasteiger partial charge >= 0.3 is 5.63 Å². The number of nitrogens with zero attached hydrogens (tertiary/aromatic N) is 2. The van der Waals surface area contributed by atoms with Crippen LogP contribution < -0.4 is 15.8 Å². The van der Waals surface area contributed by atoms with E-state index in [0.717, 1.165) is 31.4 Å².